The van der Waals surface area contributed by atoms with Gasteiger partial charge in [-0.05, 0) is 19.3 Å². The van der Waals surface area contributed by atoms with Gasteiger partial charge in [0.25, 0.3) is 0 Å². The summed E-state index contributed by atoms with van der Waals surface area (Å²) in [5.74, 6) is -0.611. The van der Waals surface area contributed by atoms with Crippen LogP contribution in [0.2, 0.25) is 0 Å². The minimum atomic E-state index is -0.420. The van der Waals surface area contributed by atoms with Crippen LogP contribution in [0.5, 0.6) is 0 Å². The maximum atomic E-state index is 11.8. The minimum absolute atomic E-state index is 0.0137. The van der Waals surface area contributed by atoms with Crippen molar-refractivity contribution in [1.29, 1.82) is 0 Å². The number of nitrogens with two attached hydrogens (primary N) is 1. The first-order valence-corrected chi connectivity index (χ1v) is 6.81. The average molecular weight is 271 g/mol. The maximum Gasteiger partial charge on any atom is 0.229 e. The molecule has 0 saturated heterocycles. The summed E-state index contributed by atoms with van der Waals surface area (Å²) >= 11 is 4.86. The summed E-state index contributed by atoms with van der Waals surface area (Å²) in [6, 6.07) is 0.359. The normalized spacial score (nSPS) is 15.8. The smallest absolute Gasteiger partial charge is 0.229 e. The lowest BCUT2D eigenvalue weighted by Gasteiger charge is -2.14. The summed E-state index contributed by atoms with van der Waals surface area (Å²) in [7, 11) is 0. The Hall–Kier alpha value is -1.17. The number of hydrogen-bond donors (Lipinski definition) is 3. The van der Waals surface area contributed by atoms with E-state index in [1.807, 2.05) is 6.92 Å². The van der Waals surface area contributed by atoms with E-state index in [1.54, 1.807) is 0 Å². The van der Waals surface area contributed by atoms with E-state index in [0.29, 0.717) is 25.4 Å². The lowest BCUT2D eigenvalue weighted by Crippen LogP contribution is -2.39. The molecule has 1 aliphatic rings. The van der Waals surface area contributed by atoms with Gasteiger partial charge in [-0.25, -0.2) is 0 Å². The van der Waals surface area contributed by atoms with Gasteiger partial charge in [-0.1, -0.05) is 25.6 Å². The van der Waals surface area contributed by atoms with Crippen molar-refractivity contribution in [2.75, 3.05) is 6.54 Å². The monoisotopic (exact) mass is 271 g/mol. The molecule has 1 aliphatic carbocycles. The SMILES string of the molecule is CCCC(C(=O)NCCC(=O)NC1CC1)C(N)=S. The molecule has 0 aromatic carbocycles. The molecule has 1 atom stereocenters. The molecule has 0 aromatic heterocycles. The minimum Gasteiger partial charge on any atom is -0.393 e. The van der Waals surface area contributed by atoms with Crippen LogP contribution in [-0.4, -0.2) is 29.4 Å². The second-order valence-electron chi connectivity index (χ2n) is 4.63. The van der Waals surface area contributed by atoms with E-state index in [9.17, 15) is 9.59 Å². The zero-order valence-corrected chi connectivity index (χ0v) is 11.5. The second kappa shape index (κ2) is 7.31. The number of amides is 2. The van der Waals surface area contributed by atoms with E-state index in [4.69, 9.17) is 18.0 Å². The maximum absolute atomic E-state index is 11.8. The van der Waals surface area contributed by atoms with Gasteiger partial charge in [0.2, 0.25) is 11.8 Å². The first-order chi connectivity index (χ1) is 8.54. The Bertz CT molecular complexity index is 329. The molecule has 0 radical (unpaired) electrons. The van der Waals surface area contributed by atoms with Crippen LogP contribution < -0.4 is 16.4 Å². The van der Waals surface area contributed by atoms with Crippen LogP contribution >= 0.6 is 12.2 Å². The largest absolute Gasteiger partial charge is 0.393 e. The Morgan fingerprint density at radius 3 is 2.61 bits per heavy atom. The van der Waals surface area contributed by atoms with Crippen molar-refractivity contribution in [2.45, 2.75) is 45.1 Å². The zero-order valence-electron chi connectivity index (χ0n) is 10.7. The molecule has 4 N–H and O–H groups in total. The molecule has 0 bridgehead atoms. The predicted octanol–water partition coefficient (Wildman–Crippen LogP) is 0.474. The third-order valence-electron chi connectivity index (χ3n) is 2.83. The van der Waals surface area contributed by atoms with Gasteiger partial charge < -0.3 is 16.4 Å². The number of carbonyl (C=O) groups excluding carboxylic acids is 2. The third-order valence-corrected chi connectivity index (χ3v) is 3.12. The number of hydrogen-bond acceptors (Lipinski definition) is 3. The van der Waals surface area contributed by atoms with Crippen LogP contribution in [0.4, 0.5) is 0 Å². The topological polar surface area (TPSA) is 84.2 Å². The quantitative estimate of drug-likeness (QED) is 0.560. The number of nitrogens with one attached hydrogen (secondary N) is 2. The number of carbonyl (C=O) groups is 2. The fourth-order valence-electron chi connectivity index (χ4n) is 1.64. The first kappa shape index (κ1) is 14.9. The highest BCUT2D eigenvalue weighted by molar-refractivity contribution is 7.80. The van der Waals surface area contributed by atoms with E-state index in [0.717, 1.165) is 19.3 Å². The molecule has 6 heteroatoms. The summed E-state index contributed by atoms with van der Waals surface area (Å²) in [6.07, 6.45) is 3.93. The Balaban J connectivity index is 2.21. The van der Waals surface area contributed by atoms with Gasteiger partial charge in [-0.15, -0.1) is 0 Å². The fourth-order valence-corrected chi connectivity index (χ4v) is 1.87. The van der Waals surface area contributed by atoms with Gasteiger partial charge in [-0.2, -0.15) is 0 Å². The highest BCUT2D eigenvalue weighted by Crippen LogP contribution is 2.18. The number of thiocarbonyl (C=S) groups is 1. The fraction of sp³-hybridized carbons (Fsp3) is 0.750. The summed E-state index contributed by atoms with van der Waals surface area (Å²) in [4.78, 5) is 23.4. The lowest BCUT2D eigenvalue weighted by atomic mass is 10.0. The van der Waals surface area contributed by atoms with Gasteiger partial charge in [0.05, 0.1) is 10.9 Å². The average Bonchev–Trinajstić information content (AvgIpc) is 3.08. The Morgan fingerprint density at radius 1 is 1.44 bits per heavy atom. The van der Waals surface area contributed by atoms with Crippen LogP contribution in [0, 0.1) is 5.92 Å². The molecule has 5 nitrogen and oxygen atoms in total. The summed E-state index contributed by atoms with van der Waals surface area (Å²) in [6.45, 7) is 2.31. The number of rotatable bonds is 8. The molecular formula is C12H21N3O2S. The molecule has 1 unspecified atom stereocenters. The van der Waals surface area contributed by atoms with Crippen LogP contribution in [0.25, 0.3) is 0 Å². The van der Waals surface area contributed by atoms with Crippen LogP contribution in [0.15, 0.2) is 0 Å². The standard InChI is InChI=1S/C12H21N3O2S/c1-2-3-9(11(13)18)12(17)14-7-6-10(16)15-8-4-5-8/h8-9H,2-7H2,1H3,(H2,13,18)(H,14,17)(H,15,16). The molecule has 102 valence electrons. The highest BCUT2D eigenvalue weighted by Gasteiger charge is 2.23. The van der Waals surface area contributed by atoms with Crippen molar-refractivity contribution >= 4 is 29.0 Å². The van der Waals surface area contributed by atoms with Crippen molar-refractivity contribution in [3.8, 4) is 0 Å². The van der Waals surface area contributed by atoms with Crippen molar-refractivity contribution in [1.82, 2.24) is 10.6 Å². The van der Waals surface area contributed by atoms with Crippen molar-refractivity contribution in [2.24, 2.45) is 11.7 Å². The Labute approximate surface area is 113 Å². The van der Waals surface area contributed by atoms with E-state index in [1.165, 1.54) is 0 Å². The molecule has 0 aromatic rings. The molecule has 1 rings (SSSR count). The molecule has 2 amide bonds. The van der Waals surface area contributed by atoms with E-state index < -0.39 is 5.92 Å². The van der Waals surface area contributed by atoms with E-state index in [2.05, 4.69) is 10.6 Å². The van der Waals surface area contributed by atoms with Crippen molar-refractivity contribution in [3.63, 3.8) is 0 Å². The Kier molecular flexibility index (Phi) is 6.04. The van der Waals surface area contributed by atoms with Crippen LogP contribution in [0.1, 0.15) is 39.0 Å². The van der Waals surface area contributed by atoms with Gasteiger partial charge in [0.15, 0.2) is 0 Å². The predicted molar refractivity (Wildman–Crippen MR) is 74.0 cm³/mol. The van der Waals surface area contributed by atoms with Gasteiger partial charge in [0, 0.05) is 19.0 Å². The van der Waals surface area contributed by atoms with Gasteiger partial charge >= 0.3 is 0 Å². The first-order valence-electron chi connectivity index (χ1n) is 6.41. The second-order valence-corrected chi connectivity index (χ2v) is 5.10. The summed E-state index contributed by atoms with van der Waals surface area (Å²) in [5.41, 5.74) is 5.52. The molecular weight excluding hydrogens is 250 g/mol. The molecule has 1 saturated carbocycles. The molecule has 0 aliphatic heterocycles. The summed E-state index contributed by atoms with van der Waals surface area (Å²) < 4.78 is 0. The molecule has 0 heterocycles. The van der Waals surface area contributed by atoms with E-state index in [-0.39, 0.29) is 16.8 Å². The summed E-state index contributed by atoms with van der Waals surface area (Å²) in [5, 5.41) is 5.57. The van der Waals surface area contributed by atoms with Crippen molar-refractivity contribution < 1.29 is 9.59 Å². The molecule has 0 spiro atoms. The lowest BCUT2D eigenvalue weighted by molar-refractivity contribution is -0.123. The highest BCUT2D eigenvalue weighted by atomic mass is 32.1. The van der Waals surface area contributed by atoms with Crippen LogP contribution in [-0.2, 0) is 9.59 Å². The molecule has 1 fully saturated rings. The van der Waals surface area contributed by atoms with Crippen molar-refractivity contribution in [3.05, 3.63) is 0 Å². The van der Waals surface area contributed by atoms with Gasteiger partial charge in [0.1, 0.15) is 0 Å². The Morgan fingerprint density at radius 2 is 2.11 bits per heavy atom. The van der Waals surface area contributed by atoms with Crippen LogP contribution in [0.3, 0.4) is 0 Å². The van der Waals surface area contributed by atoms with E-state index >= 15 is 0 Å². The molecule has 18 heavy (non-hydrogen) atoms. The zero-order chi connectivity index (χ0) is 13.5. The third kappa shape index (κ3) is 5.44. The van der Waals surface area contributed by atoms with Gasteiger partial charge in [-0.3, -0.25) is 9.59 Å².